The summed E-state index contributed by atoms with van der Waals surface area (Å²) in [5, 5.41) is 2.44. The molecule has 2 aromatic carbocycles. The van der Waals surface area contributed by atoms with Gasteiger partial charge in [-0.1, -0.05) is 0 Å². The van der Waals surface area contributed by atoms with Crippen molar-refractivity contribution in [3.63, 3.8) is 0 Å². The summed E-state index contributed by atoms with van der Waals surface area (Å²) in [5.74, 6) is -1.71. The van der Waals surface area contributed by atoms with Gasteiger partial charge in [-0.3, -0.25) is 4.79 Å². The minimum atomic E-state index is -3.89. The molecule has 3 rings (SSSR count). The predicted octanol–water partition coefficient (Wildman–Crippen LogP) is 2.17. The molecule has 12 heteroatoms. The first-order valence-electron chi connectivity index (χ1n) is 9.91. The number of nitrogens with one attached hydrogen (secondary N) is 2. The van der Waals surface area contributed by atoms with E-state index in [4.69, 9.17) is 4.74 Å². The standard InChI is InChI=1S/C20H24FN3O6S2/c1-3-30-18-9-6-14(12-19(18)32(28,29)24-10-4-5-11-24)23-20(25)16-13-15(7-8-17(16)21)31(26,27)22-2/h6-9,12-13,22H,3-5,10-11H2,1-2H3,(H,23,25). The van der Waals surface area contributed by atoms with Gasteiger partial charge in [-0.15, -0.1) is 0 Å². The van der Waals surface area contributed by atoms with Gasteiger partial charge in [0.2, 0.25) is 20.0 Å². The molecular formula is C20H24FN3O6S2. The lowest BCUT2D eigenvalue weighted by molar-refractivity contribution is 0.102. The van der Waals surface area contributed by atoms with E-state index in [0.717, 1.165) is 31.0 Å². The van der Waals surface area contributed by atoms with Crippen LogP contribution in [-0.2, 0) is 20.0 Å². The minimum absolute atomic E-state index is 0.0949. The van der Waals surface area contributed by atoms with E-state index in [0.29, 0.717) is 13.1 Å². The lowest BCUT2D eigenvalue weighted by Crippen LogP contribution is -2.28. The van der Waals surface area contributed by atoms with Crippen molar-refractivity contribution in [1.29, 1.82) is 0 Å². The zero-order valence-corrected chi connectivity index (χ0v) is 19.2. The van der Waals surface area contributed by atoms with Gasteiger partial charge in [0.1, 0.15) is 16.5 Å². The summed E-state index contributed by atoms with van der Waals surface area (Å²) in [6, 6.07) is 6.92. The second-order valence-corrected chi connectivity index (χ2v) is 10.8. The molecule has 1 saturated heterocycles. The Kier molecular flexibility index (Phi) is 7.18. The number of hydrogen-bond donors (Lipinski definition) is 2. The molecule has 0 spiro atoms. The van der Waals surface area contributed by atoms with Crippen LogP contribution >= 0.6 is 0 Å². The molecule has 174 valence electrons. The second kappa shape index (κ2) is 9.53. The summed E-state index contributed by atoms with van der Waals surface area (Å²) in [5.41, 5.74) is -0.406. The van der Waals surface area contributed by atoms with Crippen LogP contribution in [0.2, 0.25) is 0 Å². The lowest BCUT2D eigenvalue weighted by atomic mass is 10.2. The highest BCUT2D eigenvalue weighted by Gasteiger charge is 2.30. The molecule has 1 fully saturated rings. The Morgan fingerprint density at radius 1 is 1.09 bits per heavy atom. The molecule has 32 heavy (non-hydrogen) atoms. The van der Waals surface area contributed by atoms with Gasteiger partial charge in [0.25, 0.3) is 5.91 Å². The van der Waals surface area contributed by atoms with E-state index in [1.807, 2.05) is 0 Å². The van der Waals surface area contributed by atoms with Crippen molar-refractivity contribution < 1.29 is 30.8 Å². The monoisotopic (exact) mass is 485 g/mol. The highest BCUT2D eigenvalue weighted by molar-refractivity contribution is 7.89. The Labute approximate surface area is 186 Å². The van der Waals surface area contributed by atoms with Gasteiger partial charge in [0.15, 0.2) is 0 Å². The minimum Gasteiger partial charge on any atom is -0.492 e. The smallest absolute Gasteiger partial charge is 0.258 e. The third-order valence-electron chi connectivity index (χ3n) is 4.95. The van der Waals surface area contributed by atoms with Crippen molar-refractivity contribution in [3.8, 4) is 5.75 Å². The summed E-state index contributed by atoms with van der Waals surface area (Å²) in [6.45, 7) is 2.74. The number of ether oxygens (including phenoxy) is 1. The molecule has 0 bridgehead atoms. The Balaban J connectivity index is 1.96. The van der Waals surface area contributed by atoms with Crippen LogP contribution < -0.4 is 14.8 Å². The zero-order valence-electron chi connectivity index (χ0n) is 17.6. The van der Waals surface area contributed by atoms with Crippen LogP contribution in [-0.4, -0.2) is 53.8 Å². The molecule has 2 N–H and O–H groups in total. The number of carbonyl (C=O) groups excluding carboxylic acids is 1. The van der Waals surface area contributed by atoms with Gasteiger partial charge in [-0.05, 0) is 63.2 Å². The average Bonchev–Trinajstić information content (AvgIpc) is 3.31. The van der Waals surface area contributed by atoms with Crippen LogP contribution in [0.5, 0.6) is 5.75 Å². The van der Waals surface area contributed by atoms with E-state index < -0.39 is 37.3 Å². The number of benzene rings is 2. The van der Waals surface area contributed by atoms with Gasteiger partial charge in [0, 0.05) is 18.8 Å². The fourth-order valence-electron chi connectivity index (χ4n) is 3.29. The summed E-state index contributed by atoms with van der Waals surface area (Å²) in [7, 11) is -6.55. The van der Waals surface area contributed by atoms with Gasteiger partial charge in [-0.2, -0.15) is 4.31 Å². The molecule has 0 radical (unpaired) electrons. The summed E-state index contributed by atoms with van der Waals surface area (Å²) in [6.07, 6.45) is 1.51. The normalized spacial score (nSPS) is 15.0. The molecule has 0 atom stereocenters. The fraction of sp³-hybridized carbons (Fsp3) is 0.350. The Hall–Kier alpha value is -2.54. The quantitative estimate of drug-likeness (QED) is 0.591. The van der Waals surface area contributed by atoms with Crippen LogP contribution in [0.25, 0.3) is 0 Å². The highest BCUT2D eigenvalue weighted by atomic mass is 32.2. The summed E-state index contributed by atoms with van der Waals surface area (Å²) in [4.78, 5) is 12.3. The van der Waals surface area contributed by atoms with Crippen LogP contribution in [0.3, 0.4) is 0 Å². The van der Waals surface area contributed by atoms with E-state index in [9.17, 15) is 26.0 Å². The van der Waals surface area contributed by atoms with E-state index in [1.54, 1.807) is 6.92 Å². The highest BCUT2D eigenvalue weighted by Crippen LogP contribution is 2.32. The van der Waals surface area contributed by atoms with Crippen molar-refractivity contribution in [1.82, 2.24) is 9.03 Å². The first-order valence-corrected chi connectivity index (χ1v) is 12.8. The van der Waals surface area contributed by atoms with Crippen LogP contribution in [0, 0.1) is 5.82 Å². The second-order valence-electron chi connectivity index (χ2n) is 7.01. The third-order valence-corrected chi connectivity index (χ3v) is 8.28. The number of sulfonamides is 2. The maximum absolute atomic E-state index is 14.3. The van der Waals surface area contributed by atoms with Gasteiger partial charge >= 0.3 is 0 Å². The lowest BCUT2D eigenvalue weighted by Gasteiger charge is -2.19. The number of nitrogens with zero attached hydrogens (tertiary/aromatic N) is 1. The number of rotatable bonds is 8. The molecule has 1 amide bonds. The molecule has 0 saturated carbocycles. The number of halogens is 1. The SMILES string of the molecule is CCOc1ccc(NC(=O)c2cc(S(=O)(=O)NC)ccc2F)cc1S(=O)(=O)N1CCCC1. The first-order chi connectivity index (χ1) is 15.1. The van der Waals surface area contributed by atoms with E-state index in [2.05, 4.69) is 10.0 Å². The average molecular weight is 486 g/mol. The van der Waals surface area contributed by atoms with Crippen LogP contribution in [0.4, 0.5) is 10.1 Å². The molecule has 9 nitrogen and oxygen atoms in total. The van der Waals surface area contributed by atoms with E-state index >= 15 is 0 Å². The van der Waals surface area contributed by atoms with E-state index in [-0.39, 0.29) is 27.8 Å². The molecule has 2 aromatic rings. The number of carbonyl (C=O) groups is 1. The topological polar surface area (TPSA) is 122 Å². The van der Waals surface area contributed by atoms with E-state index in [1.165, 1.54) is 29.6 Å². The van der Waals surface area contributed by atoms with Crippen molar-refractivity contribution >= 4 is 31.6 Å². The molecular weight excluding hydrogens is 461 g/mol. The summed E-state index contributed by atoms with van der Waals surface area (Å²) >= 11 is 0. The van der Waals surface area contributed by atoms with Crippen molar-refractivity contribution in [2.24, 2.45) is 0 Å². The largest absolute Gasteiger partial charge is 0.492 e. The fourth-order valence-corrected chi connectivity index (χ4v) is 5.72. The van der Waals surface area contributed by atoms with Crippen molar-refractivity contribution in [2.75, 3.05) is 32.1 Å². The molecule has 0 aliphatic carbocycles. The zero-order chi connectivity index (χ0) is 23.5. The molecule has 0 unspecified atom stereocenters. The molecule has 1 aliphatic rings. The van der Waals surface area contributed by atoms with Crippen molar-refractivity contribution in [2.45, 2.75) is 29.6 Å². The third kappa shape index (κ3) is 4.93. The Morgan fingerprint density at radius 2 is 1.78 bits per heavy atom. The molecule has 1 aliphatic heterocycles. The van der Waals surface area contributed by atoms with Crippen molar-refractivity contribution in [3.05, 3.63) is 47.8 Å². The van der Waals surface area contributed by atoms with Gasteiger partial charge in [0.05, 0.1) is 17.1 Å². The number of amides is 1. The Morgan fingerprint density at radius 3 is 2.41 bits per heavy atom. The number of anilines is 1. The first kappa shape index (κ1) is 24.1. The predicted molar refractivity (Wildman–Crippen MR) is 116 cm³/mol. The maximum atomic E-state index is 14.3. The molecule has 1 heterocycles. The number of hydrogen-bond acceptors (Lipinski definition) is 6. The van der Waals surface area contributed by atoms with Gasteiger partial charge < -0.3 is 10.1 Å². The molecule has 0 aromatic heterocycles. The Bertz CT molecular complexity index is 1230. The summed E-state index contributed by atoms with van der Waals surface area (Å²) < 4.78 is 73.3. The van der Waals surface area contributed by atoms with Crippen LogP contribution in [0.15, 0.2) is 46.2 Å². The van der Waals surface area contributed by atoms with Gasteiger partial charge in [-0.25, -0.2) is 25.9 Å². The maximum Gasteiger partial charge on any atom is 0.258 e. The van der Waals surface area contributed by atoms with Crippen LogP contribution in [0.1, 0.15) is 30.1 Å².